The van der Waals surface area contributed by atoms with Crippen molar-refractivity contribution >= 4 is 25.8 Å². The fourth-order valence-electron chi connectivity index (χ4n) is 2.83. The number of guanidine groups is 1. The van der Waals surface area contributed by atoms with Gasteiger partial charge < -0.3 is 10.2 Å². The van der Waals surface area contributed by atoms with Crippen LogP contribution in [0.3, 0.4) is 0 Å². The average Bonchev–Trinajstić information content (AvgIpc) is 2.58. The monoisotopic (exact) mass is 416 g/mol. The van der Waals surface area contributed by atoms with Crippen molar-refractivity contribution in [1.82, 2.24) is 14.5 Å². The van der Waals surface area contributed by atoms with Crippen LogP contribution in [0.4, 0.5) is 0 Å². The molecule has 0 aliphatic carbocycles. The predicted molar refractivity (Wildman–Crippen MR) is 107 cm³/mol. The summed E-state index contributed by atoms with van der Waals surface area (Å²) >= 11 is 0. The first kappa shape index (κ1) is 21.6. The van der Waals surface area contributed by atoms with Crippen molar-refractivity contribution in [3.63, 3.8) is 0 Å². The van der Waals surface area contributed by atoms with Crippen LogP contribution in [-0.4, -0.2) is 76.7 Å². The molecule has 1 saturated heterocycles. The molecule has 0 spiro atoms. The normalized spacial score (nSPS) is 19.9. The number of benzene rings is 1. The van der Waals surface area contributed by atoms with Gasteiger partial charge in [-0.25, -0.2) is 21.1 Å². The highest BCUT2D eigenvalue weighted by molar-refractivity contribution is 7.92. The molecule has 1 aromatic carbocycles. The second kappa shape index (κ2) is 7.76. The largest absolute Gasteiger partial charge is 0.352 e. The van der Waals surface area contributed by atoms with Gasteiger partial charge in [0.25, 0.3) is 0 Å². The van der Waals surface area contributed by atoms with Crippen molar-refractivity contribution in [1.29, 1.82) is 0 Å². The Bertz CT molecular complexity index is 905. The van der Waals surface area contributed by atoms with Gasteiger partial charge in [-0.15, -0.1) is 0 Å². The highest BCUT2D eigenvalue weighted by Gasteiger charge is 2.40. The van der Waals surface area contributed by atoms with Gasteiger partial charge in [-0.3, -0.25) is 4.99 Å². The Morgan fingerprint density at radius 3 is 2.33 bits per heavy atom. The molecule has 0 atom stereocenters. The van der Waals surface area contributed by atoms with Crippen LogP contribution in [0.2, 0.25) is 0 Å². The summed E-state index contributed by atoms with van der Waals surface area (Å²) in [6.45, 7) is 4.68. The summed E-state index contributed by atoms with van der Waals surface area (Å²) in [6.07, 6.45) is 0. The summed E-state index contributed by atoms with van der Waals surface area (Å²) in [5, 5.41) is 3.22. The summed E-state index contributed by atoms with van der Waals surface area (Å²) < 4.78 is 48.9. The number of nitrogens with one attached hydrogen (secondary N) is 1. The lowest BCUT2D eigenvalue weighted by atomic mass is 10.2. The first-order chi connectivity index (χ1) is 12.4. The second-order valence-corrected chi connectivity index (χ2v) is 12.2. The third kappa shape index (κ3) is 4.61. The molecule has 0 saturated carbocycles. The molecule has 10 heteroatoms. The number of hydrogen-bond donors (Lipinski definition) is 1. The van der Waals surface area contributed by atoms with Crippen molar-refractivity contribution in [3.8, 4) is 0 Å². The molecule has 152 valence electrons. The zero-order valence-corrected chi connectivity index (χ0v) is 18.1. The smallest absolute Gasteiger partial charge is 0.242 e. The molecule has 0 aromatic heterocycles. The summed E-state index contributed by atoms with van der Waals surface area (Å²) in [5.74, 6) is 0.723. The third-order valence-corrected chi connectivity index (χ3v) is 9.07. The minimum absolute atomic E-state index is 0.0950. The van der Waals surface area contributed by atoms with Crippen LogP contribution in [0.5, 0.6) is 0 Å². The molecule has 1 aliphatic heterocycles. The first-order valence-corrected chi connectivity index (χ1v) is 11.7. The van der Waals surface area contributed by atoms with Gasteiger partial charge in [-0.1, -0.05) is 12.1 Å². The van der Waals surface area contributed by atoms with E-state index in [-0.39, 0.29) is 10.6 Å². The van der Waals surface area contributed by atoms with Crippen LogP contribution in [0.1, 0.15) is 19.4 Å². The van der Waals surface area contributed by atoms with E-state index in [0.717, 1.165) is 5.56 Å². The van der Waals surface area contributed by atoms with Gasteiger partial charge in [-0.2, -0.15) is 0 Å². The summed E-state index contributed by atoms with van der Waals surface area (Å²) in [7, 11) is -1.91. The van der Waals surface area contributed by atoms with Gasteiger partial charge in [0.1, 0.15) is 0 Å². The van der Waals surface area contributed by atoms with E-state index in [1.54, 1.807) is 45.2 Å². The molecular formula is C17H28N4O4S2. The number of rotatable bonds is 4. The molecule has 1 heterocycles. The summed E-state index contributed by atoms with van der Waals surface area (Å²) in [4.78, 5) is 6.43. The van der Waals surface area contributed by atoms with E-state index < -0.39 is 24.6 Å². The van der Waals surface area contributed by atoms with Gasteiger partial charge >= 0.3 is 0 Å². The number of hydrogen-bond acceptors (Lipinski definition) is 5. The van der Waals surface area contributed by atoms with Gasteiger partial charge in [0.2, 0.25) is 10.0 Å². The Morgan fingerprint density at radius 1 is 1.26 bits per heavy atom. The Morgan fingerprint density at radius 2 is 1.85 bits per heavy atom. The van der Waals surface area contributed by atoms with Crippen molar-refractivity contribution < 1.29 is 16.8 Å². The van der Waals surface area contributed by atoms with E-state index in [1.165, 1.54) is 18.4 Å². The van der Waals surface area contributed by atoms with Crippen LogP contribution in [0.25, 0.3) is 0 Å². The summed E-state index contributed by atoms with van der Waals surface area (Å²) in [6, 6.07) is 6.65. The lowest BCUT2D eigenvalue weighted by molar-refractivity contribution is 0.353. The van der Waals surface area contributed by atoms with Crippen molar-refractivity contribution in [3.05, 3.63) is 29.8 Å². The van der Waals surface area contributed by atoms with Crippen LogP contribution in [0.15, 0.2) is 34.2 Å². The molecule has 1 aromatic rings. The highest BCUT2D eigenvalue weighted by atomic mass is 32.2. The maximum Gasteiger partial charge on any atom is 0.242 e. The maximum atomic E-state index is 12.2. The van der Waals surface area contributed by atoms with Gasteiger partial charge in [0, 0.05) is 40.8 Å². The molecule has 1 aliphatic rings. The molecule has 0 unspecified atom stereocenters. The molecule has 0 bridgehead atoms. The van der Waals surface area contributed by atoms with Gasteiger partial charge in [0.15, 0.2) is 15.8 Å². The van der Waals surface area contributed by atoms with E-state index in [2.05, 4.69) is 10.3 Å². The molecule has 27 heavy (non-hydrogen) atoms. The quantitative estimate of drug-likeness (QED) is 0.568. The van der Waals surface area contributed by atoms with Gasteiger partial charge in [-0.05, 0) is 31.5 Å². The lowest BCUT2D eigenvalue weighted by Gasteiger charge is -2.39. The van der Waals surface area contributed by atoms with Crippen LogP contribution in [0, 0.1) is 0 Å². The zero-order chi connectivity index (χ0) is 20.5. The number of sulfone groups is 1. The van der Waals surface area contributed by atoms with Crippen LogP contribution >= 0.6 is 0 Å². The minimum atomic E-state index is -3.45. The Kier molecular flexibility index (Phi) is 6.23. The molecule has 8 nitrogen and oxygen atoms in total. The Hall–Kier alpha value is -1.65. The van der Waals surface area contributed by atoms with E-state index >= 15 is 0 Å². The van der Waals surface area contributed by atoms with E-state index in [4.69, 9.17) is 0 Å². The third-order valence-electron chi connectivity index (χ3n) is 4.71. The maximum absolute atomic E-state index is 12.2. The van der Waals surface area contributed by atoms with E-state index in [0.29, 0.717) is 25.6 Å². The molecule has 0 radical (unpaired) electrons. The average molecular weight is 417 g/mol. The lowest BCUT2D eigenvalue weighted by Crippen LogP contribution is -2.57. The van der Waals surface area contributed by atoms with Crippen LogP contribution in [-0.2, 0) is 26.4 Å². The number of sulfonamides is 1. The molecule has 1 N–H and O–H groups in total. The number of aliphatic imine (C=N–C) groups is 1. The van der Waals surface area contributed by atoms with Crippen LogP contribution < -0.4 is 5.32 Å². The first-order valence-electron chi connectivity index (χ1n) is 8.60. The zero-order valence-electron chi connectivity index (χ0n) is 16.4. The fourth-order valence-corrected chi connectivity index (χ4v) is 5.10. The predicted octanol–water partition coefficient (Wildman–Crippen LogP) is 0.521. The SMILES string of the molecule is CN=C(NCc1ccc(S(=O)(=O)N(C)C)cc1)N1CCS(=O)(=O)C(C)(C)C1. The summed E-state index contributed by atoms with van der Waals surface area (Å²) in [5.41, 5.74) is 0.901. The van der Waals surface area contributed by atoms with Crippen molar-refractivity contribution in [2.24, 2.45) is 4.99 Å². The van der Waals surface area contributed by atoms with E-state index in [1.807, 2.05) is 4.90 Å². The fraction of sp³-hybridized carbons (Fsp3) is 0.588. The molecule has 2 rings (SSSR count). The Labute approximate surface area is 162 Å². The Balaban J connectivity index is 2.05. The van der Waals surface area contributed by atoms with Crippen molar-refractivity contribution in [2.45, 2.75) is 30.0 Å². The second-order valence-electron chi connectivity index (χ2n) is 7.33. The van der Waals surface area contributed by atoms with Gasteiger partial charge in [0.05, 0.1) is 15.4 Å². The number of nitrogens with zero attached hydrogens (tertiary/aromatic N) is 3. The molecule has 0 amide bonds. The standard InChI is InChI=1S/C17H28N4O4S2/c1-17(2)13-21(10-11-26(17,22)23)16(18-3)19-12-14-6-8-15(9-7-14)27(24,25)20(4)5/h6-9H,10-13H2,1-5H3,(H,18,19). The highest BCUT2D eigenvalue weighted by Crippen LogP contribution is 2.23. The van der Waals surface area contributed by atoms with Crippen molar-refractivity contribution in [2.75, 3.05) is 40.0 Å². The minimum Gasteiger partial charge on any atom is -0.352 e. The topological polar surface area (TPSA) is 99.2 Å². The molecular weight excluding hydrogens is 388 g/mol. The molecule has 1 fully saturated rings. The van der Waals surface area contributed by atoms with E-state index in [9.17, 15) is 16.8 Å².